The van der Waals surface area contributed by atoms with Gasteiger partial charge in [0.15, 0.2) is 6.10 Å². The van der Waals surface area contributed by atoms with Gasteiger partial charge in [0, 0.05) is 9.11 Å². The first-order valence-corrected chi connectivity index (χ1v) is 7.29. The zero-order chi connectivity index (χ0) is 15.3. The Balaban J connectivity index is 2.70. The lowest BCUT2D eigenvalue weighted by Gasteiger charge is -2.25. The van der Waals surface area contributed by atoms with Gasteiger partial charge >= 0.3 is 6.09 Å². The summed E-state index contributed by atoms with van der Waals surface area (Å²) >= 11 is 2.13. The average molecular weight is 395 g/mol. The van der Waals surface area contributed by atoms with Crippen LogP contribution in [0, 0.1) is 3.57 Å². The van der Waals surface area contributed by atoms with Crippen molar-refractivity contribution in [3.63, 3.8) is 0 Å². The van der Waals surface area contributed by atoms with E-state index in [4.69, 9.17) is 4.74 Å². The fourth-order valence-corrected chi connectivity index (χ4v) is 1.89. The van der Waals surface area contributed by atoms with Crippen molar-refractivity contribution < 1.29 is 19.0 Å². The van der Waals surface area contributed by atoms with Gasteiger partial charge in [-0.25, -0.2) is 9.18 Å². The second-order valence-corrected chi connectivity index (χ2v) is 6.72. The minimum absolute atomic E-state index is 0.480. The maximum absolute atomic E-state index is 13.0. The number of carbonyl (C=O) groups excluding carboxylic acids is 1. The van der Waals surface area contributed by atoms with Crippen LogP contribution in [0.25, 0.3) is 0 Å². The number of nitrogens with one attached hydrogen (secondary N) is 1. The van der Waals surface area contributed by atoms with Gasteiger partial charge in [-0.2, -0.15) is 0 Å². The monoisotopic (exact) mass is 395 g/mol. The summed E-state index contributed by atoms with van der Waals surface area (Å²) in [7, 11) is 0. The normalized spacial score (nSPS) is 14.5. The predicted octanol–water partition coefficient (Wildman–Crippen LogP) is 3.19. The van der Waals surface area contributed by atoms with E-state index < -0.39 is 30.5 Å². The SMILES string of the molecule is CC(C)(C)NC(=O)O[C@H](CF)[C@H](O)c1ccc(I)cc1. The Bertz CT molecular complexity index is 445. The molecule has 112 valence electrons. The number of alkyl halides is 1. The van der Waals surface area contributed by atoms with E-state index in [1.54, 1.807) is 45.0 Å². The molecule has 6 heteroatoms. The van der Waals surface area contributed by atoms with Crippen LogP contribution in [-0.4, -0.2) is 29.5 Å². The van der Waals surface area contributed by atoms with Gasteiger partial charge < -0.3 is 15.2 Å². The molecule has 1 aromatic carbocycles. The van der Waals surface area contributed by atoms with E-state index in [-0.39, 0.29) is 0 Å². The quantitative estimate of drug-likeness (QED) is 0.771. The van der Waals surface area contributed by atoms with Crippen molar-refractivity contribution in [3.8, 4) is 0 Å². The van der Waals surface area contributed by atoms with E-state index >= 15 is 0 Å². The first-order valence-electron chi connectivity index (χ1n) is 6.21. The molecule has 0 spiro atoms. The number of rotatable bonds is 4. The summed E-state index contributed by atoms with van der Waals surface area (Å²) in [6, 6.07) is 6.95. The summed E-state index contributed by atoms with van der Waals surface area (Å²) in [6.45, 7) is 4.40. The molecule has 20 heavy (non-hydrogen) atoms. The molecule has 1 aromatic rings. The molecule has 1 rings (SSSR count). The van der Waals surface area contributed by atoms with E-state index in [2.05, 4.69) is 27.9 Å². The van der Waals surface area contributed by atoms with Crippen LogP contribution in [0.3, 0.4) is 0 Å². The first-order chi connectivity index (χ1) is 9.23. The molecule has 0 aliphatic rings. The molecule has 0 aromatic heterocycles. The summed E-state index contributed by atoms with van der Waals surface area (Å²) in [4.78, 5) is 11.6. The number of amides is 1. The smallest absolute Gasteiger partial charge is 0.408 e. The number of alkyl carbamates (subject to hydrolysis) is 1. The molecule has 0 heterocycles. The fourth-order valence-electron chi connectivity index (χ4n) is 1.53. The molecule has 0 unspecified atom stereocenters. The van der Waals surface area contributed by atoms with Crippen molar-refractivity contribution >= 4 is 28.7 Å². The van der Waals surface area contributed by atoms with Gasteiger partial charge in [-0.05, 0) is 61.1 Å². The molecule has 0 bridgehead atoms. The number of aliphatic hydroxyl groups excluding tert-OH is 1. The average Bonchev–Trinajstić information content (AvgIpc) is 2.34. The Morgan fingerprint density at radius 3 is 2.40 bits per heavy atom. The number of hydrogen-bond acceptors (Lipinski definition) is 3. The Morgan fingerprint density at radius 1 is 1.40 bits per heavy atom. The van der Waals surface area contributed by atoms with Crippen molar-refractivity contribution in [2.45, 2.75) is 38.5 Å². The fraction of sp³-hybridized carbons (Fsp3) is 0.500. The Kier molecular flexibility index (Phi) is 6.19. The van der Waals surface area contributed by atoms with Crippen molar-refractivity contribution in [1.29, 1.82) is 0 Å². The summed E-state index contributed by atoms with van der Waals surface area (Å²) in [6.07, 6.45) is -3.16. The number of benzene rings is 1. The third-order valence-corrected chi connectivity index (χ3v) is 3.17. The highest BCUT2D eigenvalue weighted by Crippen LogP contribution is 2.21. The zero-order valence-corrected chi connectivity index (χ0v) is 13.8. The van der Waals surface area contributed by atoms with Gasteiger partial charge in [0.05, 0.1) is 0 Å². The standard InChI is InChI=1S/C14H19FINO3/c1-14(2,3)17-13(19)20-11(8-15)12(18)9-4-6-10(16)7-5-9/h4-7,11-12,18H,8H2,1-3H3,(H,17,19)/t11-,12-/m1/s1. The molecular formula is C14H19FINO3. The highest BCUT2D eigenvalue weighted by atomic mass is 127. The van der Waals surface area contributed by atoms with Gasteiger partial charge in [-0.15, -0.1) is 0 Å². The summed E-state index contributed by atoms with van der Waals surface area (Å²) < 4.78 is 18.9. The lowest BCUT2D eigenvalue weighted by atomic mass is 10.1. The zero-order valence-electron chi connectivity index (χ0n) is 11.7. The molecule has 2 atom stereocenters. The number of aliphatic hydroxyl groups is 1. The molecular weight excluding hydrogens is 376 g/mol. The van der Waals surface area contributed by atoms with E-state index in [1.165, 1.54) is 0 Å². The van der Waals surface area contributed by atoms with Gasteiger partial charge in [0.25, 0.3) is 0 Å². The maximum atomic E-state index is 13.0. The topological polar surface area (TPSA) is 58.6 Å². The summed E-state index contributed by atoms with van der Waals surface area (Å²) in [5.74, 6) is 0. The van der Waals surface area contributed by atoms with Crippen LogP contribution in [0.5, 0.6) is 0 Å². The highest BCUT2D eigenvalue weighted by Gasteiger charge is 2.26. The summed E-state index contributed by atoms with van der Waals surface area (Å²) in [5.41, 5.74) is 0.0304. The van der Waals surface area contributed by atoms with Crippen LogP contribution in [0.15, 0.2) is 24.3 Å². The second-order valence-electron chi connectivity index (χ2n) is 5.47. The maximum Gasteiger partial charge on any atom is 0.408 e. The van der Waals surface area contributed by atoms with Gasteiger partial charge in [-0.1, -0.05) is 12.1 Å². The van der Waals surface area contributed by atoms with E-state index in [0.717, 1.165) is 3.57 Å². The van der Waals surface area contributed by atoms with Crippen LogP contribution < -0.4 is 5.32 Å². The highest BCUT2D eigenvalue weighted by molar-refractivity contribution is 14.1. The van der Waals surface area contributed by atoms with Crippen LogP contribution in [-0.2, 0) is 4.74 Å². The second kappa shape index (κ2) is 7.21. The predicted molar refractivity (Wildman–Crippen MR) is 83.3 cm³/mol. The number of halogens is 2. The van der Waals surface area contributed by atoms with Crippen molar-refractivity contribution in [3.05, 3.63) is 33.4 Å². The number of carbonyl (C=O) groups is 1. The Morgan fingerprint density at radius 2 is 1.95 bits per heavy atom. The third kappa shape index (κ3) is 5.62. The van der Waals surface area contributed by atoms with Crippen LogP contribution in [0.2, 0.25) is 0 Å². The van der Waals surface area contributed by atoms with Crippen molar-refractivity contribution in [2.75, 3.05) is 6.67 Å². The molecule has 2 N–H and O–H groups in total. The molecule has 0 aliphatic carbocycles. The van der Waals surface area contributed by atoms with Crippen LogP contribution in [0.1, 0.15) is 32.4 Å². The minimum Gasteiger partial charge on any atom is -0.440 e. The number of ether oxygens (including phenoxy) is 1. The molecule has 0 fully saturated rings. The molecule has 0 radical (unpaired) electrons. The molecule has 4 nitrogen and oxygen atoms in total. The van der Waals surface area contributed by atoms with Gasteiger partial charge in [-0.3, -0.25) is 0 Å². The van der Waals surface area contributed by atoms with Gasteiger partial charge in [0.2, 0.25) is 0 Å². The Hall–Kier alpha value is -0.890. The third-order valence-electron chi connectivity index (χ3n) is 2.45. The molecule has 0 saturated carbocycles. The van der Waals surface area contributed by atoms with Crippen LogP contribution >= 0.6 is 22.6 Å². The van der Waals surface area contributed by atoms with E-state index in [1.807, 2.05) is 0 Å². The number of hydrogen-bond donors (Lipinski definition) is 2. The molecule has 1 amide bonds. The largest absolute Gasteiger partial charge is 0.440 e. The van der Waals surface area contributed by atoms with E-state index in [0.29, 0.717) is 5.56 Å². The van der Waals surface area contributed by atoms with Crippen molar-refractivity contribution in [1.82, 2.24) is 5.32 Å². The summed E-state index contributed by atoms with van der Waals surface area (Å²) in [5, 5.41) is 12.6. The van der Waals surface area contributed by atoms with Crippen molar-refractivity contribution in [2.24, 2.45) is 0 Å². The van der Waals surface area contributed by atoms with Gasteiger partial charge in [0.1, 0.15) is 12.8 Å². The first kappa shape index (κ1) is 17.2. The molecule has 0 saturated heterocycles. The van der Waals surface area contributed by atoms with Crippen LogP contribution in [0.4, 0.5) is 9.18 Å². The lowest BCUT2D eigenvalue weighted by Crippen LogP contribution is -2.43. The lowest BCUT2D eigenvalue weighted by molar-refractivity contribution is -0.0127. The minimum atomic E-state index is -1.22. The Labute approximate surface area is 131 Å². The molecule has 0 aliphatic heterocycles. The van der Waals surface area contributed by atoms with E-state index in [9.17, 15) is 14.3 Å².